The zero-order valence-electron chi connectivity index (χ0n) is 20.5. The Kier molecular flexibility index (Phi) is 9.74. The van der Waals surface area contributed by atoms with E-state index in [4.69, 9.17) is 16.3 Å². The Bertz CT molecular complexity index is 1120. The van der Waals surface area contributed by atoms with Crippen LogP contribution in [0.5, 0.6) is 5.75 Å². The molecular weight excluding hydrogens is 460 g/mol. The van der Waals surface area contributed by atoms with Crippen LogP contribution in [-0.2, 0) is 22.6 Å². The van der Waals surface area contributed by atoms with E-state index in [1.54, 1.807) is 11.0 Å². The average molecular weight is 493 g/mol. The molecule has 3 rings (SSSR count). The van der Waals surface area contributed by atoms with Crippen molar-refractivity contribution >= 4 is 23.4 Å². The van der Waals surface area contributed by atoms with Gasteiger partial charge in [0.25, 0.3) is 5.91 Å². The maximum atomic E-state index is 13.6. The first kappa shape index (κ1) is 26.3. The van der Waals surface area contributed by atoms with Crippen LogP contribution in [-0.4, -0.2) is 35.4 Å². The minimum atomic E-state index is -0.726. The van der Waals surface area contributed by atoms with Crippen molar-refractivity contribution in [1.82, 2.24) is 10.2 Å². The van der Waals surface area contributed by atoms with Gasteiger partial charge < -0.3 is 15.0 Å². The minimum absolute atomic E-state index is 0.0124. The summed E-state index contributed by atoms with van der Waals surface area (Å²) in [5.41, 5.74) is 2.78. The van der Waals surface area contributed by atoms with E-state index >= 15 is 0 Å². The van der Waals surface area contributed by atoms with Crippen LogP contribution in [0.25, 0.3) is 0 Å². The Morgan fingerprint density at radius 1 is 1.00 bits per heavy atom. The zero-order valence-corrected chi connectivity index (χ0v) is 21.3. The molecule has 184 valence electrons. The number of nitrogens with one attached hydrogen (secondary N) is 1. The quantitative estimate of drug-likeness (QED) is 0.380. The molecule has 0 aliphatic carbocycles. The third kappa shape index (κ3) is 7.86. The summed E-state index contributed by atoms with van der Waals surface area (Å²) in [6.07, 6.45) is 1.17. The predicted octanol–water partition coefficient (Wildman–Crippen LogP) is 5.58. The molecule has 3 aromatic rings. The van der Waals surface area contributed by atoms with Crippen LogP contribution < -0.4 is 10.1 Å². The molecule has 0 heterocycles. The molecule has 0 unspecified atom stereocenters. The highest BCUT2D eigenvalue weighted by Gasteiger charge is 2.31. The molecular formula is C29H33ClN2O3. The van der Waals surface area contributed by atoms with Crippen molar-refractivity contribution in [1.29, 1.82) is 0 Å². The van der Waals surface area contributed by atoms with Crippen LogP contribution in [0.1, 0.15) is 37.0 Å². The smallest absolute Gasteiger partial charge is 0.261 e. The number of ether oxygens (including phenoxy) is 1. The number of rotatable bonds is 11. The first-order valence-electron chi connectivity index (χ1n) is 11.9. The highest BCUT2D eigenvalue weighted by Crippen LogP contribution is 2.21. The topological polar surface area (TPSA) is 58.6 Å². The van der Waals surface area contributed by atoms with Crippen LogP contribution in [0.4, 0.5) is 0 Å². The fourth-order valence-corrected chi connectivity index (χ4v) is 3.93. The van der Waals surface area contributed by atoms with E-state index in [-0.39, 0.29) is 31.0 Å². The molecule has 0 saturated heterocycles. The third-order valence-electron chi connectivity index (χ3n) is 5.92. The van der Waals surface area contributed by atoms with Crippen LogP contribution in [0.2, 0.25) is 5.02 Å². The minimum Gasteiger partial charge on any atom is -0.484 e. The van der Waals surface area contributed by atoms with Crippen molar-refractivity contribution in [3.8, 4) is 5.75 Å². The summed E-state index contributed by atoms with van der Waals surface area (Å²) in [5, 5.41) is 3.61. The second-order valence-corrected chi connectivity index (χ2v) is 9.15. The van der Waals surface area contributed by atoms with Crippen molar-refractivity contribution in [2.75, 3.05) is 6.61 Å². The van der Waals surface area contributed by atoms with E-state index in [9.17, 15) is 9.59 Å². The fourth-order valence-electron chi connectivity index (χ4n) is 3.74. The monoisotopic (exact) mass is 492 g/mol. The van der Waals surface area contributed by atoms with Gasteiger partial charge in [0.1, 0.15) is 11.8 Å². The molecule has 0 fully saturated rings. The Morgan fingerprint density at radius 3 is 2.40 bits per heavy atom. The fraction of sp³-hybridized carbons (Fsp3) is 0.310. The summed E-state index contributed by atoms with van der Waals surface area (Å²) in [4.78, 5) is 28.6. The van der Waals surface area contributed by atoms with Gasteiger partial charge in [-0.1, -0.05) is 79.2 Å². The first-order valence-corrected chi connectivity index (χ1v) is 12.3. The molecule has 0 aromatic heterocycles. The SMILES string of the molecule is CC[C@@H](C)NC(=O)[C@@H](Cc1ccccc1)N(Cc1ccccc1Cl)C(=O)COc1cccc(C)c1. The number of halogens is 1. The maximum Gasteiger partial charge on any atom is 0.261 e. The summed E-state index contributed by atoms with van der Waals surface area (Å²) < 4.78 is 5.82. The third-order valence-corrected chi connectivity index (χ3v) is 6.29. The number of nitrogens with zero attached hydrogens (tertiary/aromatic N) is 1. The molecule has 0 saturated carbocycles. The van der Waals surface area contributed by atoms with Crippen molar-refractivity contribution in [3.05, 3.63) is 101 Å². The normalized spacial score (nSPS) is 12.5. The summed E-state index contributed by atoms with van der Waals surface area (Å²) >= 11 is 6.44. The molecule has 0 aliphatic heterocycles. The number of hydrogen-bond acceptors (Lipinski definition) is 3. The van der Waals surface area contributed by atoms with E-state index in [2.05, 4.69) is 5.32 Å². The molecule has 0 spiro atoms. The number of carbonyl (C=O) groups is 2. The summed E-state index contributed by atoms with van der Waals surface area (Å²) in [6, 6.07) is 23.9. The number of amides is 2. The second-order valence-electron chi connectivity index (χ2n) is 8.74. The van der Waals surface area contributed by atoms with E-state index in [1.807, 2.05) is 93.6 Å². The molecule has 0 bridgehead atoms. The highest BCUT2D eigenvalue weighted by molar-refractivity contribution is 6.31. The van der Waals surface area contributed by atoms with E-state index in [0.717, 1.165) is 23.1 Å². The van der Waals surface area contributed by atoms with Crippen molar-refractivity contribution < 1.29 is 14.3 Å². The maximum absolute atomic E-state index is 13.6. The second kappa shape index (κ2) is 13.0. The van der Waals surface area contributed by atoms with Crippen molar-refractivity contribution in [2.45, 2.75) is 52.2 Å². The van der Waals surface area contributed by atoms with Gasteiger partial charge in [-0.15, -0.1) is 0 Å². The van der Waals surface area contributed by atoms with Crippen molar-refractivity contribution in [2.24, 2.45) is 0 Å². The summed E-state index contributed by atoms with van der Waals surface area (Å²) in [7, 11) is 0. The van der Waals surface area contributed by atoms with E-state index < -0.39 is 6.04 Å². The molecule has 2 amide bonds. The lowest BCUT2D eigenvalue weighted by molar-refractivity contribution is -0.143. The Balaban J connectivity index is 1.92. The molecule has 5 nitrogen and oxygen atoms in total. The highest BCUT2D eigenvalue weighted by atomic mass is 35.5. The van der Waals surface area contributed by atoms with Crippen LogP contribution >= 0.6 is 11.6 Å². The predicted molar refractivity (Wildman–Crippen MR) is 141 cm³/mol. The Morgan fingerprint density at radius 2 is 1.71 bits per heavy atom. The lowest BCUT2D eigenvalue weighted by Gasteiger charge is -2.32. The number of benzene rings is 3. The van der Waals surface area contributed by atoms with Gasteiger partial charge in [0.2, 0.25) is 5.91 Å². The van der Waals surface area contributed by atoms with E-state index in [0.29, 0.717) is 17.2 Å². The van der Waals surface area contributed by atoms with Gasteiger partial charge in [0, 0.05) is 24.0 Å². The van der Waals surface area contributed by atoms with Crippen LogP contribution in [0, 0.1) is 6.92 Å². The molecule has 2 atom stereocenters. The molecule has 3 aromatic carbocycles. The lowest BCUT2D eigenvalue weighted by Crippen LogP contribution is -2.53. The van der Waals surface area contributed by atoms with Gasteiger partial charge in [-0.2, -0.15) is 0 Å². The molecule has 6 heteroatoms. The number of hydrogen-bond donors (Lipinski definition) is 1. The summed E-state index contributed by atoms with van der Waals surface area (Å²) in [5.74, 6) is 0.130. The standard InChI is InChI=1S/C29H33ClN2O3/c1-4-22(3)31-29(34)27(18-23-12-6-5-7-13-23)32(19-24-14-8-9-16-26(24)30)28(33)20-35-25-15-10-11-21(2)17-25/h5-17,22,27H,4,18-20H2,1-3H3,(H,31,34)/t22-,27-/m1/s1. The van der Waals surface area contributed by atoms with Gasteiger partial charge in [-0.05, 0) is 55.2 Å². The molecule has 0 radical (unpaired) electrons. The van der Waals surface area contributed by atoms with Crippen LogP contribution in [0.15, 0.2) is 78.9 Å². The average Bonchev–Trinajstić information content (AvgIpc) is 2.86. The Labute approximate surface area is 213 Å². The van der Waals surface area contributed by atoms with Gasteiger partial charge in [0.05, 0.1) is 0 Å². The van der Waals surface area contributed by atoms with Gasteiger partial charge in [-0.3, -0.25) is 9.59 Å². The molecule has 35 heavy (non-hydrogen) atoms. The largest absolute Gasteiger partial charge is 0.484 e. The van der Waals surface area contributed by atoms with Gasteiger partial charge >= 0.3 is 0 Å². The first-order chi connectivity index (χ1) is 16.9. The van der Waals surface area contributed by atoms with Gasteiger partial charge in [-0.25, -0.2) is 0 Å². The number of aryl methyl sites for hydroxylation is 1. The van der Waals surface area contributed by atoms with Gasteiger partial charge in [0.15, 0.2) is 6.61 Å². The lowest BCUT2D eigenvalue weighted by atomic mass is 10.0. The number of carbonyl (C=O) groups excluding carboxylic acids is 2. The zero-order chi connectivity index (χ0) is 25.2. The molecule has 0 aliphatic rings. The summed E-state index contributed by atoms with van der Waals surface area (Å²) in [6.45, 7) is 5.95. The van der Waals surface area contributed by atoms with Crippen molar-refractivity contribution in [3.63, 3.8) is 0 Å². The van der Waals surface area contributed by atoms with Crippen LogP contribution in [0.3, 0.4) is 0 Å². The Hall–Kier alpha value is -3.31. The molecule has 1 N–H and O–H groups in total. The van der Waals surface area contributed by atoms with E-state index in [1.165, 1.54) is 0 Å².